The number of likely N-dealkylation sites (tertiary alicyclic amines) is 1. The molecular formula is C19H23N3O6. The van der Waals surface area contributed by atoms with Gasteiger partial charge in [-0.2, -0.15) is 4.98 Å². The molecule has 1 fully saturated rings. The second-order valence-electron chi connectivity index (χ2n) is 6.87. The number of methoxy groups -OCH3 is 1. The molecule has 0 radical (unpaired) electrons. The molecule has 9 nitrogen and oxygen atoms in total. The maximum atomic E-state index is 13.2. The van der Waals surface area contributed by atoms with Gasteiger partial charge >= 0.3 is 5.97 Å². The largest absolute Gasteiger partial charge is 0.481 e. The van der Waals surface area contributed by atoms with Gasteiger partial charge < -0.3 is 24.0 Å². The molecule has 1 aliphatic rings. The first-order chi connectivity index (χ1) is 13.3. The quantitative estimate of drug-likeness (QED) is 0.798. The van der Waals surface area contributed by atoms with Crippen molar-refractivity contribution in [2.45, 2.75) is 39.3 Å². The molecule has 3 rings (SSSR count). The van der Waals surface area contributed by atoms with Gasteiger partial charge in [-0.05, 0) is 44.0 Å². The van der Waals surface area contributed by atoms with E-state index in [1.807, 2.05) is 0 Å². The minimum Gasteiger partial charge on any atom is -0.481 e. The fourth-order valence-electron chi connectivity index (χ4n) is 3.48. The Kier molecular flexibility index (Phi) is 5.64. The number of carbonyl (C=O) groups excluding carboxylic acids is 1. The summed E-state index contributed by atoms with van der Waals surface area (Å²) in [5.41, 5.74) is 1.87. The van der Waals surface area contributed by atoms with Gasteiger partial charge in [0.2, 0.25) is 5.89 Å². The second kappa shape index (κ2) is 7.97. The third-order valence-electron chi connectivity index (χ3n) is 4.73. The molecule has 2 atom stereocenters. The summed E-state index contributed by atoms with van der Waals surface area (Å²) < 4.78 is 16.1. The monoisotopic (exact) mass is 389 g/mol. The van der Waals surface area contributed by atoms with Crippen LogP contribution in [0, 0.1) is 20.8 Å². The van der Waals surface area contributed by atoms with Crippen LogP contribution in [0.3, 0.4) is 0 Å². The van der Waals surface area contributed by atoms with E-state index in [0.29, 0.717) is 47.1 Å². The van der Waals surface area contributed by atoms with Crippen molar-refractivity contribution in [3.63, 3.8) is 0 Å². The number of benzene rings is 1. The van der Waals surface area contributed by atoms with Gasteiger partial charge in [0.25, 0.3) is 5.91 Å². The van der Waals surface area contributed by atoms with Crippen LogP contribution in [-0.2, 0) is 9.53 Å². The highest BCUT2D eigenvalue weighted by Crippen LogP contribution is 2.34. The van der Waals surface area contributed by atoms with Crippen molar-refractivity contribution in [2.24, 2.45) is 0 Å². The molecule has 28 heavy (non-hydrogen) atoms. The summed E-state index contributed by atoms with van der Waals surface area (Å²) in [5.74, 6) is 0.130. The van der Waals surface area contributed by atoms with Crippen LogP contribution >= 0.6 is 0 Å². The van der Waals surface area contributed by atoms with E-state index >= 15 is 0 Å². The highest BCUT2D eigenvalue weighted by Gasteiger charge is 2.40. The number of hydrogen-bond acceptors (Lipinski definition) is 7. The topological polar surface area (TPSA) is 115 Å². The number of carboxylic acids is 1. The molecule has 0 saturated carbocycles. The van der Waals surface area contributed by atoms with Crippen molar-refractivity contribution in [2.75, 3.05) is 20.3 Å². The first kappa shape index (κ1) is 19.8. The predicted molar refractivity (Wildman–Crippen MR) is 97.3 cm³/mol. The molecular weight excluding hydrogens is 366 g/mol. The normalized spacial score (nSPS) is 19.1. The fourth-order valence-corrected chi connectivity index (χ4v) is 3.48. The molecule has 1 aromatic heterocycles. The number of aryl methyl sites for hydroxylation is 3. The molecule has 150 valence electrons. The van der Waals surface area contributed by atoms with Crippen LogP contribution in [-0.4, -0.2) is 58.4 Å². The van der Waals surface area contributed by atoms with E-state index in [4.69, 9.17) is 19.1 Å². The summed E-state index contributed by atoms with van der Waals surface area (Å²) in [7, 11) is 1.61. The number of hydrogen-bond donors (Lipinski definition) is 1. The summed E-state index contributed by atoms with van der Waals surface area (Å²) in [6.45, 7) is 5.26. The van der Waals surface area contributed by atoms with Crippen molar-refractivity contribution in [3.05, 3.63) is 40.5 Å². The second-order valence-corrected chi connectivity index (χ2v) is 6.87. The maximum Gasteiger partial charge on any atom is 0.341 e. The van der Waals surface area contributed by atoms with E-state index in [1.54, 1.807) is 44.9 Å². The lowest BCUT2D eigenvalue weighted by molar-refractivity contribution is -0.139. The van der Waals surface area contributed by atoms with Gasteiger partial charge in [-0.3, -0.25) is 4.79 Å². The minimum atomic E-state index is -1.06. The molecule has 0 aliphatic carbocycles. The van der Waals surface area contributed by atoms with E-state index in [9.17, 15) is 9.59 Å². The maximum absolute atomic E-state index is 13.2. The third kappa shape index (κ3) is 3.99. The highest BCUT2D eigenvalue weighted by atomic mass is 16.5. The first-order valence-electron chi connectivity index (χ1n) is 8.90. The first-order valence-corrected chi connectivity index (χ1v) is 8.90. The zero-order chi connectivity index (χ0) is 20.4. The summed E-state index contributed by atoms with van der Waals surface area (Å²) >= 11 is 0. The average Bonchev–Trinajstić information content (AvgIpc) is 3.25. The zero-order valence-corrected chi connectivity index (χ0v) is 16.3. The van der Waals surface area contributed by atoms with Gasteiger partial charge in [0.05, 0.1) is 6.10 Å². The smallest absolute Gasteiger partial charge is 0.341 e. The number of aromatic nitrogens is 2. The van der Waals surface area contributed by atoms with E-state index in [-0.39, 0.29) is 18.1 Å². The van der Waals surface area contributed by atoms with Crippen LogP contribution in [0.4, 0.5) is 0 Å². The van der Waals surface area contributed by atoms with Crippen molar-refractivity contribution in [1.29, 1.82) is 0 Å². The molecule has 1 aromatic carbocycles. The van der Waals surface area contributed by atoms with Crippen LogP contribution in [0.25, 0.3) is 0 Å². The van der Waals surface area contributed by atoms with Crippen LogP contribution in [0.15, 0.2) is 16.7 Å². The van der Waals surface area contributed by atoms with Crippen molar-refractivity contribution in [3.8, 4) is 5.75 Å². The van der Waals surface area contributed by atoms with E-state index < -0.39 is 12.6 Å². The molecule has 1 aliphatic heterocycles. The molecule has 1 amide bonds. The third-order valence-corrected chi connectivity index (χ3v) is 4.73. The Hall–Kier alpha value is -2.94. The van der Waals surface area contributed by atoms with Crippen molar-refractivity contribution in [1.82, 2.24) is 15.0 Å². The van der Waals surface area contributed by atoms with Crippen LogP contribution in [0.1, 0.15) is 45.7 Å². The Bertz CT molecular complexity index is 871. The number of rotatable bonds is 6. The molecule has 1 saturated heterocycles. The van der Waals surface area contributed by atoms with E-state index in [0.717, 1.165) is 0 Å². The van der Waals surface area contributed by atoms with E-state index in [1.165, 1.54) is 0 Å². The summed E-state index contributed by atoms with van der Waals surface area (Å²) in [4.78, 5) is 29.9. The average molecular weight is 389 g/mol. The SMILES string of the molecule is CO[C@H]1C[C@H](c2nc(C)no2)N(C(=O)c2cc(C)c(OCC(=O)O)c(C)c2)C1. The number of aliphatic carboxylic acids is 1. The molecule has 1 N–H and O–H groups in total. The highest BCUT2D eigenvalue weighted by molar-refractivity contribution is 5.95. The van der Waals surface area contributed by atoms with Crippen molar-refractivity contribution < 1.29 is 28.7 Å². The zero-order valence-electron chi connectivity index (χ0n) is 16.3. The number of nitrogens with zero attached hydrogens (tertiary/aromatic N) is 3. The Morgan fingerprint density at radius 3 is 2.50 bits per heavy atom. The molecule has 2 aromatic rings. The Morgan fingerprint density at radius 2 is 1.96 bits per heavy atom. The summed E-state index contributed by atoms with van der Waals surface area (Å²) in [5, 5.41) is 12.6. The van der Waals surface area contributed by atoms with Crippen molar-refractivity contribution >= 4 is 11.9 Å². The number of carbonyl (C=O) groups is 2. The predicted octanol–water partition coefficient (Wildman–Crippen LogP) is 2.06. The minimum absolute atomic E-state index is 0.124. The molecule has 9 heteroatoms. The van der Waals surface area contributed by atoms with Gasteiger partial charge in [0.1, 0.15) is 11.8 Å². The lowest BCUT2D eigenvalue weighted by Gasteiger charge is -2.22. The molecule has 0 spiro atoms. The summed E-state index contributed by atoms with van der Waals surface area (Å²) in [6.07, 6.45) is 0.447. The Morgan fingerprint density at radius 1 is 1.29 bits per heavy atom. The molecule has 0 unspecified atom stereocenters. The van der Waals surface area contributed by atoms with Crippen LogP contribution in [0.5, 0.6) is 5.75 Å². The van der Waals surface area contributed by atoms with Crippen LogP contribution in [0.2, 0.25) is 0 Å². The van der Waals surface area contributed by atoms with E-state index in [2.05, 4.69) is 10.1 Å². The number of amides is 1. The van der Waals surface area contributed by atoms with Gasteiger partial charge in [-0.25, -0.2) is 4.79 Å². The lowest BCUT2D eigenvalue weighted by Crippen LogP contribution is -2.32. The van der Waals surface area contributed by atoms with Crippen LogP contribution < -0.4 is 4.74 Å². The molecule has 0 bridgehead atoms. The van der Waals surface area contributed by atoms with Gasteiger partial charge in [-0.1, -0.05) is 5.16 Å². The van der Waals surface area contributed by atoms with Gasteiger partial charge in [0, 0.05) is 25.6 Å². The standard InChI is InChI=1S/C19H23N3O6/c1-10-5-13(6-11(2)17(10)27-9-16(23)24)19(25)22-8-14(26-4)7-15(22)18-20-12(3)21-28-18/h5-6,14-15H,7-9H2,1-4H3,(H,23,24)/t14-,15+/m0/s1. The molecule has 2 heterocycles. The lowest BCUT2D eigenvalue weighted by atomic mass is 10.0. The van der Waals surface area contributed by atoms with Gasteiger partial charge in [-0.15, -0.1) is 0 Å². The fraction of sp³-hybridized carbons (Fsp3) is 0.474. The Labute approximate surface area is 162 Å². The summed E-state index contributed by atoms with van der Waals surface area (Å²) in [6, 6.07) is 3.04. The number of carboxylic acid groups (broad SMARTS) is 1. The van der Waals surface area contributed by atoms with Gasteiger partial charge in [0.15, 0.2) is 12.4 Å². The Balaban J connectivity index is 1.88. The number of ether oxygens (including phenoxy) is 2.